The molecule has 106 valence electrons. The zero-order valence-corrected chi connectivity index (χ0v) is 11.5. The molecule has 0 atom stereocenters. The summed E-state index contributed by atoms with van der Waals surface area (Å²) in [5.41, 5.74) is 2.32. The van der Waals surface area contributed by atoms with Crippen LogP contribution in [-0.2, 0) is 0 Å². The van der Waals surface area contributed by atoms with Gasteiger partial charge in [0.2, 0.25) is 0 Å². The van der Waals surface area contributed by atoms with Gasteiger partial charge in [-0.3, -0.25) is 9.97 Å². The smallest absolute Gasteiger partial charge is 0.138 e. The zero-order chi connectivity index (χ0) is 14.9. The quantitative estimate of drug-likeness (QED) is 0.431. The van der Waals surface area contributed by atoms with Crippen LogP contribution in [0.5, 0.6) is 0 Å². The van der Waals surface area contributed by atoms with Crippen LogP contribution >= 0.6 is 0 Å². The van der Waals surface area contributed by atoms with Gasteiger partial charge in [0.1, 0.15) is 16.7 Å². The van der Waals surface area contributed by atoms with Crippen molar-refractivity contribution >= 4 is 21.9 Å². The fourth-order valence-electron chi connectivity index (χ4n) is 2.45. The summed E-state index contributed by atoms with van der Waals surface area (Å²) in [6.07, 6.45) is 5.19. The topological polar surface area (TPSA) is 71.5 Å². The summed E-state index contributed by atoms with van der Waals surface area (Å²) in [6, 6.07) is 12.9. The third-order valence-corrected chi connectivity index (χ3v) is 3.52. The van der Waals surface area contributed by atoms with E-state index in [4.69, 9.17) is 4.42 Å². The standard InChI is InChI=1S/C17H11N3O2/c21-20-15-8-17(22-16-4-2-1-3-13(15)16)12-7-11-9-18-6-5-14(11)19-10-12/h1-10,21H. The number of pyridine rings is 2. The van der Waals surface area contributed by atoms with E-state index < -0.39 is 0 Å². The molecule has 0 spiro atoms. The lowest BCUT2D eigenvalue weighted by atomic mass is 10.1. The molecule has 5 nitrogen and oxygen atoms in total. The second kappa shape index (κ2) is 4.96. The molecule has 1 aromatic carbocycles. The van der Waals surface area contributed by atoms with Crippen LogP contribution in [0.4, 0.5) is 0 Å². The number of rotatable bonds is 1. The molecule has 0 radical (unpaired) electrons. The van der Waals surface area contributed by atoms with Crippen LogP contribution in [0.15, 0.2) is 70.6 Å². The van der Waals surface area contributed by atoms with Gasteiger partial charge in [-0.1, -0.05) is 17.3 Å². The second-order valence-corrected chi connectivity index (χ2v) is 4.88. The fraction of sp³-hybridized carbons (Fsp3) is 0. The van der Waals surface area contributed by atoms with Gasteiger partial charge in [0.05, 0.1) is 5.52 Å². The molecule has 0 bridgehead atoms. The van der Waals surface area contributed by atoms with Crippen LogP contribution in [0.25, 0.3) is 33.2 Å². The highest BCUT2D eigenvalue weighted by Gasteiger charge is 2.07. The molecule has 0 aliphatic rings. The summed E-state index contributed by atoms with van der Waals surface area (Å²) in [4.78, 5) is 8.50. The third kappa shape index (κ3) is 2.00. The van der Waals surface area contributed by atoms with E-state index in [1.54, 1.807) is 24.7 Å². The largest absolute Gasteiger partial charge is 0.456 e. The van der Waals surface area contributed by atoms with E-state index in [9.17, 15) is 5.21 Å². The molecule has 0 fully saturated rings. The Morgan fingerprint density at radius 3 is 2.86 bits per heavy atom. The normalized spacial score (nSPS) is 12.1. The summed E-state index contributed by atoms with van der Waals surface area (Å²) in [7, 11) is 0. The summed E-state index contributed by atoms with van der Waals surface area (Å²) < 4.78 is 5.91. The lowest BCUT2D eigenvalue weighted by Crippen LogP contribution is -2.03. The van der Waals surface area contributed by atoms with E-state index >= 15 is 0 Å². The van der Waals surface area contributed by atoms with E-state index in [0.717, 1.165) is 21.9 Å². The van der Waals surface area contributed by atoms with Gasteiger partial charge in [0.15, 0.2) is 0 Å². The van der Waals surface area contributed by atoms with Crippen molar-refractivity contribution in [3.05, 3.63) is 66.4 Å². The zero-order valence-electron chi connectivity index (χ0n) is 11.5. The van der Waals surface area contributed by atoms with Crippen LogP contribution < -0.4 is 5.36 Å². The Morgan fingerprint density at radius 1 is 1.05 bits per heavy atom. The maximum atomic E-state index is 9.24. The number of nitrogens with zero attached hydrogens (tertiary/aromatic N) is 3. The maximum Gasteiger partial charge on any atom is 0.138 e. The Bertz CT molecular complexity index is 1050. The highest BCUT2D eigenvalue weighted by Crippen LogP contribution is 2.24. The number of aromatic nitrogens is 2. The van der Waals surface area contributed by atoms with E-state index in [1.807, 2.05) is 36.4 Å². The van der Waals surface area contributed by atoms with Crippen molar-refractivity contribution in [3.8, 4) is 11.3 Å². The molecule has 0 aliphatic carbocycles. The van der Waals surface area contributed by atoms with Crippen molar-refractivity contribution in [2.75, 3.05) is 0 Å². The molecule has 0 aliphatic heterocycles. The van der Waals surface area contributed by atoms with Gasteiger partial charge in [-0.25, -0.2) is 0 Å². The first-order valence-corrected chi connectivity index (χ1v) is 6.76. The molecule has 22 heavy (non-hydrogen) atoms. The van der Waals surface area contributed by atoms with Gasteiger partial charge < -0.3 is 9.62 Å². The first-order valence-electron chi connectivity index (χ1n) is 6.76. The van der Waals surface area contributed by atoms with Crippen LogP contribution in [0.3, 0.4) is 0 Å². The Hall–Kier alpha value is -3.21. The second-order valence-electron chi connectivity index (χ2n) is 4.88. The minimum atomic E-state index is 0.461. The minimum absolute atomic E-state index is 0.461. The minimum Gasteiger partial charge on any atom is -0.456 e. The highest BCUT2D eigenvalue weighted by molar-refractivity contribution is 5.83. The average molecular weight is 289 g/mol. The molecule has 3 aromatic heterocycles. The number of hydrogen-bond acceptors (Lipinski definition) is 5. The molecule has 0 unspecified atom stereocenters. The molecule has 0 saturated heterocycles. The molecular formula is C17H11N3O2. The van der Waals surface area contributed by atoms with Gasteiger partial charge in [-0.05, 0) is 24.3 Å². The number of para-hydroxylation sites is 1. The highest BCUT2D eigenvalue weighted by atomic mass is 16.4. The fourth-order valence-corrected chi connectivity index (χ4v) is 2.45. The van der Waals surface area contributed by atoms with E-state index in [1.165, 1.54) is 0 Å². The predicted molar refractivity (Wildman–Crippen MR) is 82.1 cm³/mol. The Labute approximate surface area is 125 Å². The van der Waals surface area contributed by atoms with Crippen LogP contribution in [0.1, 0.15) is 0 Å². The third-order valence-electron chi connectivity index (χ3n) is 3.52. The maximum absolute atomic E-state index is 9.24. The van der Waals surface area contributed by atoms with Crippen LogP contribution in [0, 0.1) is 0 Å². The predicted octanol–water partition coefficient (Wildman–Crippen LogP) is 3.33. The van der Waals surface area contributed by atoms with Gasteiger partial charge in [-0.15, -0.1) is 0 Å². The van der Waals surface area contributed by atoms with Crippen LogP contribution in [0.2, 0.25) is 0 Å². The molecule has 0 amide bonds. The van der Waals surface area contributed by atoms with Gasteiger partial charge in [0.25, 0.3) is 0 Å². The Balaban J connectivity index is 1.99. The Kier molecular flexibility index (Phi) is 2.83. The molecule has 0 saturated carbocycles. The summed E-state index contributed by atoms with van der Waals surface area (Å²) in [5, 5.41) is 14.7. The van der Waals surface area contributed by atoms with Crippen molar-refractivity contribution in [1.29, 1.82) is 0 Å². The summed E-state index contributed by atoms with van der Waals surface area (Å²) >= 11 is 0. The van der Waals surface area contributed by atoms with Crippen LogP contribution in [-0.4, -0.2) is 15.2 Å². The van der Waals surface area contributed by atoms with Gasteiger partial charge in [0, 0.05) is 41.0 Å². The average Bonchev–Trinajstić information content (AvgIpc) is 2.60. The molecular weight excluding hydrogens is 278 g/mol. The first-order chi connectivity index (χ1) is 10.8. The van der Waals surface area contributed by atoms with Crippen molar-refractivity contribution in [1.82, 2.24) is 9.97 Å². The van der Waals surface area contributed by atoms with Crippen molar-refractivity contribution < 1.29 is 9.62 Å². The SMILES string of the molecule is ON=c1cc(-c2cnc3ccncc3c2)oc2ccccc12. The van der Waals surface area contributed by atoms with E-state index in [2.05, 4.69) is 15.1 Å². The molecule has 4 rings (SSSR count). The summed E-state index contributed by atoms with van der Waals surface area (Å²) in [6.45, 7) is 0. The molecule has 1 N–H and O–H groups in total. The first kappa shape index (κ1) is 12.5. The molecule has 4 aromatic rings. The van der Waals surface area contributed by atoms with Crippen molar-refractivity contribution in [2.24, 2.45) is 5.16 Å². The van der Waals surface area contributed by atoms with Crippen molar-refractivity contribution in [2.45, 2.75) is 0 Å². The molecule has 3 heterocycles. The monoisotopic (exact) mass is 289 g/mol. The Morgan fingerprint density at radius 2 is 1.95 bits per heavy atom. The van der Waals surface area contributed by atoms with E-state index in [0.29, 0.717) is 16.7 Å². The summed E-state index contributed by atoms with van der Waals surface area (Å²) in [5.74, 6) is 0.588. The van der Waals surface area contributed by atoms with Gasteiger partial charge >= 0.3 is 0 Å². The van der Waals surface area contributed by atoms with Crippen molar-refractivity contribution in [3.63, 3.8) is 0 Å². The number of hydrogen-bond donors (Lipinski definition) is 1. The number of benzene rings is 1. The molecule has 5 heteroatoms. The number of fused-ring (bicyclic) bond motifs is 2. The lowest BCUT2D eigenvalue weighted by molar-refractivity contribution is 0.302. The van der Waals surface area contributed by atoms with E-state index in [-0.39, 0.29) is 0 Å². The lowest BCUT2D eigenvalue weighted by Gasteiger charge is -2.05. The van der Waals surface area contributed by atoms with Gasteiger partial charge in [-0.2, -0.15) is 0 Å².